The first-order chi connectivity index (χ1) is 16.6. The Labute approximate surface area is 199 Å². The van der Waals surface area contributed by atoms with E-state index in [1.165, 1.54) is 12.1 Å². The van der Waals surface area contributed by atoms with E-state index < -0.39 is 23.6 Å². The van der Waals surface area contributed by atoms with Crippen molar-refractivity contribution in [2.45, 2.75) is 19.6 Å². The number of halogens is 3. The number of nitrogens with one attached hydrogen (secondary N) is 3. The number of amides is 3. The summed E-state index contributed by atoms with van der Waals surface area (Å²) >= 11 is 0. The van der Waals surface area contributed by atoms with Crippen LogP contribution in [0.3, 0.4) is 0 Å². The van der Waals surface area contributed by atoms with Gasteiger partial charge in [-0.3, -0.25) is 14.4 Å². The zero-order chi connectivity index (χ0) is 25.6. The second-order valence-electron chi connectivity index (χ2n) is 7.60. The van der Waals surface area contributed by atoms with Gasteiger partial charge < -0.3 is 16.0 Å². The summed E-state index contributed by atoms with van der Waals surface area (Å²) in [6, 6.07) is 15.6. The quantitative estimate of drug-likeness (QED) is 0.399. The third-order valence-corrected chi connectivity index (χ3v) is 5.10. The highest BCUT2D eigenvalue weighted by atomic mass is 19.4. The fraction of sp³-hybridized carbons (Fsp3) is 0.115. The summed E-state index contributed by atoms with van der Waals surface area (Å²) in [5.74, 6) is -1.53. The lowest BCUT2D eigenvalue weighted by Crippen LogP contribution is -2.23. The molecule has 3 amide bonds. The maximum atomic E-state index is 13.0. The molecule has 0 fully saturated rings. The summed E-state index contributed by atoms with van der Waals surface area (Å²) in [4.78, 5) is 36.9. The molecule has 3 aromatic rings. The van der Waals surface area contributed by atoms with E-state index in [4.69, 9.17) is 0 Å². The van der Waals surface area contributed by atoms with Crippen LogP contribution < -0.4 is 16.0 Å². The third-order valence-electron chi connectivity index (χ3n) is 5.10. The summed E-state index contributed by atoms with van der Waals surface area (Å²) in [5.41, 5.74) is 1.25. The second kappa shape index (κ2) is 10.7. The highest BCUT2D eigenvalue weighted by Gasteiger charge is 2.30. The van der Waals surface area contributed by atoms with E-state index in [-0.39, 0.29) is 18.0 Å². The zero-order valence-corrected chi connectivity index (χ0v) is 18.7. The average Bonchev–Trinajstić information content (AvgIpc) is 2.84. The Bertz CT molecular complexity index is 1290. The molecule has 0 unspecified atom stereocenters. The van der Waals surface area contributed by atoms with Crippen molar-refractivity contribution in [3.8, 4) is 0 Å². The SMILES string of the molecule is C=CC(=O)NCc1ccccc1C(=O)Nc1cc(NC(=O)c2cccc(C(F)(F)F)c2)ccc1C. The van der Waals surface area contributed by atoms with Crippen LogP contribution in [0.25, 0.3) is 0 Å². The molecule has 35 heavy (non-hydrogen) atoms. The number of aryl methyl sites for hydroxylation is 1. The van der Waals surface area contributed by atoms with Gasteiger partial charge >= 0.3 is 6.18 Å². The van der Waals surface area contributed by atoms with Gasteiger partial charge in [-0.2, -0.15) is 13.2 Å². The number of hydrogen-bond acceptors (Lipinski definition) is 3. The molecule has 6 nitrogen and oxygen atoms in total. The average molecular weight is 481 g/mol. The topological polar surface area (TPSA) is 87.3 Å². The number of hydrogen-bond donors (Lipinski definition) is 3. The van der Waals surface area contributed by atoms with Crippen molar-refractivity contribution in [3.05, 3.63) is 107 Å². The Morgan fingerprint density at radius 3 is 2.37 bits per heavy atom. The molecular formula is C26H22F3N3O3. The molecule has 0 aliphatic rings. The lowest BCUT2D eigenvalue weighted by atomic mass is 10.1. The van der Waals surface area contributed by atoms with Gasteiger partial charge in [0.2, 0.25) is 5.91 Å². The van der Waals surface area contributed by atoms with Crippen LogP contribution in [0.15, 0.2) is 79.4 Å². The number of benzene rings is 3. The lowest BCUT2D eigenvalue weighted by Gasteiger charge is -2.14. The van der Waals surface area contributed by atoms with E-state index in [0.717, 1.165) is 24.3 Å². The van der Waals surface area contributed by atoms with Gasteiger partial charge in [-0.15, -0.1) is 0 Å². The van der Waals surface area contributed by atoms with Gasteiger partial charge in [0.05, 0.1) is 5.56 Å². The van der Waals surface area contributed by atoms with Crippen molar-refractivity contribution in [1.82, 2.24) is 5.32 Å². The van der Waals surface area contributed by atoms with Crippen LogP contribution >= 0.6 is 0 Å². The number of carbonyl (C=O) groups excluding carboxylic acids is 3. The zero-order valence-electron chi connectivity index (χ0n) is 18.7. The fourth-order valence-electron chi connectivity index (χ4n) is 3.21. The van der Waals surface area contributed by atoms with Crippen molar-refractivity contribution < 1.29 is 27.6 Å². The maximum Gasteiger partial charge on any atom is 0.416 e. The molecule has 0 aliphatic heterocycles. The molecule has 0 heterocycles. The highest BCUT2D eigenvalue weighted by Crippen LogP contribution is 2.30. The van der Waals surface area contributed by atoms with Gasteiger partial charge in [0.15, 0.2) is 0 Å². The molecule has 3 rings (SSSR count). The Kier molecular flexibility index (Phi) is 7.70. The summed E-state index contributed by atoms with van der Waals surface area (Å²) in [6.07, 6.45) is -3.44. The first-order valence-corrected chi connectivity index (χ1v) is 10.5. The van der Waals surface area contributed by atoms with Crippen molar-refractivity contribution in [2.24, 2.45) is 0 Å². The molecule has 3 N–H and O–H groups in total. The number of anilines is 2. The van der Waals surface area contributed by atoms with Gasteiger partial charge in [0.25, 0.3) is 11.8 Å². The molecule has 0 spiro atoms. The molecule has 0 aliphatic carbocycles. The van der Waals surface area contributed by atoms with E-state index in [0.29, 0.717) is 28.1 Å². The van der Waals surface area contributed by atoms with E-state index in [1.54, 1.807) is 43.3 Å². The van der Waals surface area contributed by atoms with Crippen LogP contribution in [-0.2, 0) is 17.5 Å². The summed E-state index contributed by atoms with van der Waals surface area (Å²) < 4.78 is 38.9. The van der Waals surface area contributed by atoms with E-state index in [9.17, 15) is 27.6 Å². The number of carbonyl (C=O) groups is 3. The smallest absolute Gasteiger partial charge is 0.348 e. The molecule has 9 heteroatoms. The monoisotopic (exact) mass is 481 g/mol. The van der Waals surface area contributed by atoms with Gasteiger partial charge in [0, 0.05) is 29.0 Å². The molecule has 0 saturated carbocycles. The predicted octanol–water partition coefficient (Wildman–Crippen LogP) is 5.32. The van der Waals surface area contributed by atoms with Crippen LogP contribution in [0.4, 0.5) is 24.5 Å². The van der Waals surface area contributed by atoms with Crippen LogP contribution in [0.1, 0.15) is 37.4 Å². The van der Waals surface area contributed by atoms with Crippen molar-refractivity contribution in [3.63, 3.8) is 0 Å². The van der Waals surface area contributed by atoms with E-state index >= 15 is 0 Å². The van der Waals surface area contributed by atoms with Gasteiger partial charge in [-0.1, -0.05) is 36.9 Å². The first-order valence-electron chi connectivity index (χ1n) is 10.5. The standard InChI is InChI=1S/C26H22F3N3O3/c1-3-23(33)30-15-18-7-4-5-10-21(18)25(35)32-22-14-20(12-11-16(22)2)31-24(34)17-8-6-9-19(13-17)26(27,28)29/h3-14H,1,15H2,2H3,(H,30,33)(H,31,34)(H,32,35). The second-order valence-corrected chi connectivity index (χ2v) is 7.60. The molecule has 0 radical (unpaired) electrons. The summed E-state index contributed by atoms with van der Waals surface area (Å²) in [7, 11) is 0. The minimum Gasteiger partial charge on any atom is -0.348 e. The third kappa shape index (κ3) is 6.57. The predicted molar refractivity (Wildman–Crippen MR) is 127 cm³/mol. The summed E-state index contributed by atoms with van der Waals surface area (Å²) in [5, 5.41) is 7.96. The van der Waals surface area contributed by atoms with Crippen LogP contribution in [0, 0.1) is 6.92 Å². The van der Waals surface area contributed by atoms with Crippen molar-refractivity contribution in [2.75, 3.05) is 10.6 Å². The Balaban J connectivity index is 1.77. The molecule has 180 valence electrons. The lowest BCUT2D eigenvalue weighted by molar-refractivity contribution is -0.137. The van der Waals surface area contributed by atoms with E-state index in [2.05, 4.69) is 22.5 Å². The fourth-order valence-corrected chi connectivity index (χ4v) is 3.21. The summed E-state index contributed by atoms with van der Waals surface area (Å²) in [6.45, 7) is 5.27. The Morgan fingerprint density at radius 1 is 0.914 bits per heavy atom. The largest absolute Gasteiger partial charge is 0.416 e. The minimum absolute atomic E-state index is 0.126. The Morgan fingerprint density at radius 2 is 1.66 bits per heavy atom. The van der Waals surface area contributed by atoms with Crippen molar-refractivity contribution in [1.29, 1.82) is 0 Å². The highest BCUT2D eigenvalue weighted by molar-refractivity contribution is 6.07. The molecule has 3 aromatic carbocycles. The normalized spacial score (nSPS) is 10.9. The number of rotatable bonds is 7. The van der Waals surface area contributed by atoms with Crippen LogP contribution in [0.2, 0.25) is 0 Å². The van der Waals surface area contributed by atoms with Gasteiger partial charge in [-0.05, 0) is 60.5 Å². The Hall–Kier alpha value is -4.40. The molecule has 0 atom stereocenters. The molecular weight excluding hydrogens is 459 g/mol. The molecule has 0 saturated heterocycles. The van der Waals surface area contributed by atoms with Gasteiger partial charge in [-0.25, -0.2) is 0 Å². The number of alkyl halides is 3. The van der Waals surface area contributed by atoms with Crippen molar-refractivity contribution >= 4 is 29.1 Å². The van der Waals surface area contributed by atoms with Gasteiger partial charge in [0.1, 0.15) is 0 Å². The van der Waals surface area contributed by atoms with Crippen LogP contribution in [-0.4, -0.2) is 17.7 Å². The first kappa shape index (κ1) is 25.2. The molecule has 0 bridgehead atoms. The van der Waals surface area contributed by atoms with Crippen LogP contribution in [0.5, 0.6) is 0 Å². The maximum absolute atomic E-state index is 13.0. The van der Waals surface area contributed by atoms with E-state index in [1.807, 2.05) is 0 Å². The minimum atomic E-state index is -4.57. The molecule has 0 aromatic heterocycles.